The zero-order valence-corrected chi connectivity index (χ0v) is 11.8. The van der Waals surface area contributed by atoms with Gasteiger partial charge < -0.3 is 4.48 Å². The zero-order valence-electron chi connectivity index (χ0n) is 11.0. The summed E-state index contributed by atoms with van der Waals surface area (Å²) in [7, 11) is 0. The molecule has 1 aliphatic rings. The molecule has 0 aromatic carbocycles. The Morgan fingerprint density at radius 1 is 0.875 bits per heavy atom. The van der Waals surface area contributed by atoms with Crippen LogP contribution in [0.2, 0.25) is 0 Å². The molecule has 1 rings (SSSR count). The predicted octanol–water partition coefficient (Wildman–Crippen LogP) is 4.20. The largest absolute Gasteiger partial charge is 0.324 e. The van der Waals surface area contributed by atoms with Crippen molar-refractivity contribution in [3.63, 3.8) is 0 Å². The van der Waals surface area contributed by atoms with Gasteiger partial charge in [0.1, 0.15) is 0 Å². The predicted molar refractivity (Wildman–Crippen MR) is 73.1 cm³/mol. The van der Waals surface area contributed by atoms with E-state index in [1.807, 2.05) is 0 Å². The smallest absolute Gasteiger partial charge is 0.0788 e. The molecule has 1 fully saturated rings. The topological polar surface area (TPSA) is 0 Å². The van der Waals surface area contributed by atoms with E-state index in [4.69, 9.17) is 11.6 Å². The average Bonchev–Trinajstić information content (AvgIpc) is 2.73. The molecule has 0 bridgehead atoms. The Kier molecular flexibility index (Phi) is 7.47. The van der Waals surface area contributed by atoms with Crippen molar-refractivity contribution in [2.24, 2.45) is 0 Å². The minimum atomic E-state index is 0.843. The lowest BCUT2D eigenvalue weighted by Crippen LogP contribution is -2.46. The van der Waals surface area contributed by atoms with Crippen molar-refractivity contribution in [3.8, 4) is 0 Å². The summed E-state index contributed by atoms with van der Waals surface area (Å²) >= 11 is 5.68. The molecule has 1 aliphatic heterocycles. The molecule has 0 radical (unpaired) electrons. The van der Waals surface area contributed by atoms with Gasteiger partial charge in [-0.2, -0.15) is 0 Å². The minimum Gasteiger partial charge on any atom is -0.324 e. The van der Waals surface area contributed by atoms with Gasteiger partial charge in [-0.25, -0.2) is 0 Å². The third-order valence-corrected chi connectivity index (χ3v) is 4.25. The van der Waals surface area contributed by atoms with Crippen molar-refractivity contribution in [1.29, 1.82) is 0 Å². The van der Waals surface area contributed by atoms with Crippen LogP contribution in [0.15, 0.2) is 0 Å². The molecule has 0 spiro atoms. The van der Waals surface area contributed by atoms with E-state index < -0.39 is 0 Å². The third-order valence-electron chi connectivity index (χ3n) is 3.98. The lowest BCUT2D eigenvalue weighted by atomic mass is 10.1. The first-order chi connectivity index (χ1) is 7.83. The molecule has 0 aliphatic carbocycles. The molecule has 1 saturated heterocycles. The van der Waals surface area contributed by atoms with Crippen LogP contribution in [0.1, 0.15) is 58.3 Å². The van der Waals surface area contributed by atoms with Gasteiger partial charge in [-0.15, -0.1) is 11.6 Å². The van der Waals surface area contributed by atoms with Crippen LogP contribution < -0.4 is 0 Å². The molecule has 1 nitrogen and oxygen atoms in total. The number of rotatable bonds is 9. The Morgan fingerprint density at radius 3 is 2.12 bits per heavy atom. The number of likely N-dealkylation sites (tertiary alicyclic amines) is 1. The van der Waals surface area contributed by atoms with Crippen LogP contribution >= 0.6 is 11.6 Å². The van der Waals surface area contributed by atoms with Crippen LogP contribution in [0.25, 0.3) is 0 Å². The SMILES string of the molecule is CCC[N+]1(CCCCCCCCl)CCCC1. The first-order valence-electron chi connectivity index (χ1n) is 7.24. The van der Waals surface area contributed by atoms with Crippen molar-refractivity contribution < 1.29 is 4.48 Å². The zero-order chi connectivity index (χ0) is 11.7. The lowest BCUT2D eigenvalue weighted by Gasteiger charge is -2.34. The van der Waals surface area contributed by atoms with E-state index in [-0.39, 0.29) is 0 Å². The Morgan fingerprint density at radius 2 is 1.50 bits per heavy atom. The molecule has 0 unspecified atom stereocenters. The Hall–Kier alpha value is 0.250. The van der Waals surface area contributed by atoms with Crippen molar-refractivity contribution in [3.05, 3.63) is 0 Å². The molecular weight excluding hydrogens is 218 g/mol. The highest BCUT2D eigenvalue weighted by Gasteiger charge is 2.29. The number of hydrogen-bond donors (Lipinski definition) is 0. The van der Waals surface area contributed by atoms with Gasteiger partial charge >= 0.3 is 0 Å². The number of halogens is 1. The Balaban J connectivity index is 2.08. The molecule has 2 heteroatoms. The van der Waals surface area contributed by atoms with Crippen LogP contribution in [-0.4, -0.2) is 36.5 Å². The minimum absolute atomic E-state index is 0.843. The summed E-state index contributed by atoms with van der Waals surface area (Å²) < 4.78 is 1.44. The molecule has 0 saturated carbocycles. The summed E-state index contributed by atoms with van der Waals surface area (Å²) in [5, 5.41) is 0. The van der Waals surface area contributed by atoms with Gasteiger partial charge in [-0.1, -0.05) is 19.8 Å². The number of quaternary nitrogens is 1. The van der Waals surface area contributed by atoms with Gasteiger partial charge in [0.2, 0.25) is 0 Å². The molecule has 0 aromatic heterocycles. The van der Waals surface area contributed by atoms with Crippen LogP contribution in [-0.2, 0) is 0 Å². The fourth-order valence-electron chi connectivity index (χ4n) is 3.11. The van der Waals surface area contributed by atoms with Crippen LogP contribution in [0.5, 0.6) is 0 Å². The van der Waals surface area contributed by atoms with Gasteiger partial charge in [0.05, 0.1) is 26.2 Å². The maximum Gasteiger partial charge on any atom is 0.0788 e. The van der Waals surface area contributed by atoms with Crippen LogP contribution in [0.3, 0.4) is 0 Å². The fourth-order valence-corrected chi connectivity index (χ4v) is 3.30. The molecule has 16 heavy (non-hydrogen) atoms. The second-order valence-corrected chi connectivity index (χ2v) is 5.78. The highest BCUT2D eigenvalue weighted by atomic mass is 35.5. The summed E-state index contributed by atoms with van der Waals surface area (Å²) in [6.45, 7) is 8.10. The maximum absolute atomic E-state index is 5.68. The fraction of sp³-hybridized carbons (Fsp3) is 1.00. The Bertz CT molecular complexity index is 164. The number of nitrogens with zero attached hydrogens (tertiary/aromatic N) is 1. The number of hydrogen-bond acceptors (Lipinski definition) is 0. The highest BCUT2D eigenvalue weighted by molar-refractivity contribution is 6.17. The molecule has 96 valence electrons. The van der Waals surface area contributed by atoms with E-state index in [9.17, 15) is 0 Å². The van der Waals surface area contributed by atoms with Crippen molar-refractivity contribution in [2.75, 3.05) is 32.1 Å². The van der Waals surface area contributed by atoms with Crippen molar-refractivity contribution in [1.82, 2.24) is 0 Å². The molecule has 1 heterocycles. The Labute approximate surface area is 107 Å². The number of alkyl halides is 1. The summed E-state index contributed by atoms with van der Waals surface area (Å²) in [6.07, 6.45) is 11.1. The van der Waals surface area contributed by atoms with E-state index in [2.05, 4.69) is 6.92 Å². The van der Waals surface area contributed by atoms with E-state index in [0.717, 1.165) is 5.88 Å². The summed E-state index contributed by atoms with van der Waals surface area (Å²) in [4.78, 5) is 0. The molecular formula is C14H29ClN+. The van der Waals surface area contributed by atoms with E-state index in [0.29, 0.717) is 0 Å². The van der Waals surface area contributed by atoms with Crippen LogP contribution in [0.4, 0.5) is 0 Å². The van der Waals surface area contributed by atoms with Crippen molar-refractivity contribution >= 4 is 11.6 Å². The average molecular weight is 247 g/mol. The quantitative estimate of drug-likeness (QED) is 0.325. The monoisotopic (exact) mass is 246 g/mol. The van der Waals surface area contributed by atoms with Gasteiger partial charge in [0.15, 0.2) is 0 Å². The third kappa shape index (κ3) is 5.05. The normalized spacial score (nSPS) is 19.1. The maximum atomic E-state index is 5.68. The first-order valence-corrected chi connectivity index (χ1v) is 7.77. The lowest BCUT2D eigenvalue weighted by molar-refractivity contribution is -0.917. The second kappa shape index (κ2) is 8.36. The molecule has 0 aromatic rings. The van der Waals surface area contributed by atoms with E-state index in [1.165, 1.54) is 82.0 Å². The van der Waals surface area contributed by atoms with Gasteiger partial charge in [-0.05, 0) is 25.7 Å². The van der Waals surface area contributed by atoms with Gasteiger partial charge in [0.25, 0.3) is 0 Å². The summed E-state index contributed by atoms with van der Waals surface area (Å²) in [6, 6.07) is 0. The van der Waals surface area contributed by atoms with Crippen LogP contribution in [0, 0.1) is 0 Å². The van der Waals surface area contributed by atoms with Gasteiger partial charge in [0, 0.05) is 18.7 Å². The van der Waals surface area contributed by atoms with Crippen molar-refractivity contribution in [2.45, 2.75) is 58.3 Å². The van der Waals surface area contributed by atoms with E-state index >= 15 is 0 Å². The molecule has 0 atom stereocenters. The number of unbranched alkanes of at least 4 members (excludes halogenated alkanes) is 4. The van der Waals surface area contributed by atoms with Gasteiger partial charge in [-0.3, -0.25) is 0 Å². The highest BCUT2D eigenvalue weighted by Crippen LogP contribution is 2.21. The molecule has 0 amide bonds. The second-order valence-electron chi connectivity index (χ2n) is 5.40. The molecule has 0 N–H and O–H groups in total. The summed E-state index contributed by atoms with van der Waals surface area (Å²) in [5.41, 5.74) is 0. The standard InChI is InChI=1S/C14H29ClN/c1-2-11-16(13-8-9-14-16)12-7-5-3-4-6-10-15/h2-14H2,1H3/q+1. The first kappa shape index (κ1) is 14.3. The summed E-state index contributed by atoms with van der Waals surface area (Å²) in [5.74, 6) is 0.843. The van der Waals surface area contributed by atoms with E-state index in [1.54, 1.807) is 0 Å².